The van der Waals surface area contributed by atoms with Crippen molar-refractivity contribution in [2.75, 3.05) is 6.54 Å². The van der Waals surface area contributed by atoms with Crippen molar-refractivity contribution in [3.63, 3.8) is 0 Å². The van der Waals surface area contributed by atoms with E-state index in [1.54, 1.807) is 54.6 Å². The minimum Gasteiger partial charge on any atom is -0.446 e. The van der Waals surface area contributed by atoms with Crippen LogP contribution in [-0.4, -0.2) is 52.8 Å². The molecule has 0 radical (unpaired) electrons. The van der Waals surface area contributed by atoms with Crippen molar-refractivity contribution >= 4 is 25.5 Å². The van der Waals surface area contributed by atoms with Crippen molar-refractivity contribution in [2.24, 2.45) is 11.3 Å². The number of amides is 3. The smallest absolute Gasteiger partial charge is 0.446 e. The summed E-state index contributed by atoms with van der Waals surface area (Å²) in [7, 11) is -4.12. The lowest BCUT2D eigenvalue weighted by molar-refractivity contribution is -0.142. The second-order valence-electron chi connectivity index (χ2n) is 13.2. The fraction of sp³-hybridized carbons (Fsp3) is 0.500. The zero-order valence-electron chi connectivity index (χ0n) is 26.3. The van der Waals surface area contributed by atoms with Crippen molar-refractivity contribution in [2.45, 2.75) is 89.2 Å². The Morgan fingerprint density at radius 3 is 2.04 bits per heavy atom. The standard InChI is InChI=1S/C34H44N3O7P/c1-5-24-23-34(24,45(41,43-26-17-8-6-9-18-26)44-27-19-10-7-11-20-27)36-30(38)28-21-14-22-37(28)31(39)29(33(2,3)4)35-32(40)42-25-15-12-13-16-25/h5-11,17-20,24-25,28-29H,1,12-16,21-23H2,2-4H3,(H,35,40)(H,36,38)/t24?,28-,29+,34?/m0/s1. The molecule has 2 aromatic rings. The van der Waals surface area contributed by atoms with Gasteiger partial charge in [0.2, 0.25) is 11.8 Å². The predicted molar refractivity (Wildman–Crippen MR) is 171 cm³/mol. The van der Waals surface area contributed by atoms with E-state index >= 15 is 0 Å². The number of nitrogens with zero attached hydrogens (tertiary/aromatic N) is 1. The summed E-state index contributed by atoms with van der Waals surface area (Å²) in [5.41, 5.74) is -0.649. The highest BCUT2D eigenvalue weighted by Crippen LogP contribution is 2.71. The van der Waals surface area contributed by atoms with E-state index in [2.05, 4.69) is 17.2 Å². The lowest BCUT2D eigenvalue weighted by Gasteiger charge is -2.36. The lowest BCUT2D eigenvalue weighted by atomic mass is 9.85. The molecule has 10 nitrogen and oxygen atoms in total. The normalized spacial score (nSPS) is 23.9. The van der Waals surface area contributed by atoms with Gasteiger partial charge in [-0.05, 0) is 74.6 Å². The summed E-state index contributed by atoms with van der Waals surface area (Å²) in [6.07, 6.45) is 5.83. The van der Waals surface area contributed by atoms with Crippen molar-refractivity contribution < 1.29 is 32.7 Å². The maximum Gasteiger partial charge on any atom is 0.456 e. The van der Waals surface area contributed by atoms with Gasteiger partial charge in [0.25, 0.3) is 0 Å². The third-order valence-electron chi connectivity index (χ3n) is 8.82. The molecular formula is C34H44N3O7P. The number of carbonyl (C=O) groups excluding carboxylic acids is 3. The maximum atomic E-state index is 14.8. The molecule has 45 heavy (non-hydrogen) atoms. The third kappa shape index (κ3) is 7.22. The van der Waals surface area contributed by atoms with Gasteiger partial charge in [0, 0.05) is 12.5 Å². The molecule has 1 heterocycles. The molecule has 1 saturated heterocycles. The fourth-order valence-electron chi connectivity index (χ4n) is 6.23. The first kappa shape index (κ1) is 32.6. The van der Waals surface area contributed by atoms with Gasteiger partial charge < -0.3 is 29.3 Å². The van der Waals surface area contributed by atoms with E-state index in [9.17, 15) is 18.9 Å². The van der Waals surface area contributed by atoms with Crippen LogP contribution in [0.4, 0.5) is 4.79 Å². The van der Waals surface area contributed by atoms with Crippen LogP contribution in [0, 0.1) is 11.3 Å². The predicted octanol–water partition coefficient (Wildman–Crippen LogP) is 6.43. The molecule has 2 aromatic carbocycles. The summed E-state index contributed by atoms with van der Waals surface area (Å²) in [5.74, 6) is -0.542. The number of ether oxygens (including phenoxy) is 1. The molecule has 3 amide bonds. The van der Waals surface area contributed by atoms with E-state index in [4.69, 9.17) is 13.8 Å². The van der Waals surface area contributed by atoms with Crippen LogP contribution in [0.2, 0.25) is 0 Å². The van der Waals surface area contributed by atoms with E-state index in [1.807, 2.05) is 32.9 Å². The number of para-hydroxylation sites is 2. The first-order valence-corrected chi connectivity index (χ1v) is 17.3. The Morgan fingerprint density at radius 2 is 1.53 bits per heavy atom. The molecule has 242 valence electrons. The van der Waals surface area contributed by atoms with Crippen LogP contribution in [0.1, 0.15) is 65.7 Å². The summed E-state index contributed by atoms with van der Waals surface area (Å²) < 4.78 is 32.6. The summed E-state index contributed by atoms with van der Waals surface area (Å²) in [6, 6.07) is 15.6. The highest BCUT2D eigenvalue weighted by molar-refractivity contribution is 7.57. The Morgan fingerprint density at radius 1 is 0.956 bits per heavy atom. The molecule has 3 aliphatic rings. The zero-order chi connectivity index (χ0) is 32.2. The van der Waals surface area contributed by atoms with Crippen LogP contribution in [0.15, 0.2) is 73.3 Å². The topological polar surface area (TPSA) is 123 Å². The first-order chi connectivity index (χ1) is 21.5. The SMILES string of the molecule is C=CC1CC1(NC(=O)[C@@H]1CCCN1C(=O)[C@@H](NC(=O)OC1CCCC1)C(C)(C)C)P(=O)(Oc1ccccc1)Oc1ccccc1. The summed E-state index contributed by atoms with van der Waals surface area (Å²) in [4.78, 5) is 42.4. The van der Waals surface area contributed by atoms with Crippen LogP contribution < -0.4 is 19.7 Å². The van der Waals surface area contributed by atoms with Gasteiger partial charge in [0.15, 0.2) is 5.28 Å². The molecule has 2 aliphatic carbocycles. The quantitative estimate of drug-likeness (QED) is 0.215. The Kier molecular flexibility index (Phi) is 9.63. The number of carbonyl (C=O) groups is 3. The van der Waals surface area contributed by atoms with Gasteiger partial charge in [-0.15, -0.1) is 6.58 Å². The number of nitrogens with one attached hydrogen (secondary N) is 2. The molecule has 2 unspecified atom stereocenters. The molecule has 5 rings (SSSR count). The van der Waals surface area contributed by atoms with Gasteiger partial charge >= 0.3 is 13.7 Å². The van der Waals surface area contributed by atoms with Crippen molar-refractivity contribution in [1.29, 1.82) is 0 Å². The van der Waals surface area contributed by atoms with E-state index < -0.39 is 42.4 Å². The fourth-order valence-corrected chi connectivity index (χ4v) is 8.57. The Bertz CT molecular complexity index is 1380. The summed E-state index contributed by atoms with van der Waals surface area (Å²) in [5, 5.41) is 4.42. The third-order valence-corrected chi connectivity index (χ3v) is 11.3. The molecule has 2 N–H and O–H groups in total. The average molecular weight is 638 g/mol. The van der Waals surface area contributed by atoms with Gasteiger partial charge in [0.05, 0.1) is 0 Å². The van der Waals surface area contributed by atoms with Crippen molar-refractivity contribution in [1.82, 2.24) is 15.5 Å². The molecule has 3 fully saturated rings. The van der Waals surface area contributed by atoms with Crippen LogP contribution in [0.3, 0.4) is 0 Å². The van der Waals surface area contributed by atoms with Gasteiger partial charge in [-0.2, -0.15) is 0 Å². The second-order valence-corrected chi connectivity index (χ2v) is 15.4. The largest absolute Gasteiger partial charge is 0.456 e. The molecule has 4 atom stereocenters. The highest BCUT2D eigenvalue weighted by atomic mass is 31.2. The Balaban J connectivity index is 1.37. The van der Waals surface area contributed by atoms with E-state index in [0.717, 1.165) is 25.7 Å². The molecule has 0 bridgehead atoms. The average Bonchev–Trinajstić information content (AvgIpc) is 3.30. The maximum absolute atomic E-state index is 14.8. The number of hydrogen-bond acceptors (Lipinski definition) is 7. The highest BCUT2D eigenvalue weighted by Gasteiger charge is 2.71. The Hall–Kier alpha value is -3.78. The van der Waals surface area contributed by atoms with E-state index in [0.29, 0.717) is 37.3 Å². The molecule has 0 spiro atoms. The number of benzene rings is 2. The number of likely N-dealkylation sites (tertiary alicyclic amines) is 1. The minimum absolute atomic E-state index is 0.148. The lowest BCUT2D eigenvalue weighted by Crippen LogP contribution is -2.58. The molecule has 11 heteroatoms. The van der Waals surface area contributed by atoms with E-state index in [-0.39, 0.29) is 17.9 Å². The number of alkyl carbamates (subject to hydrolysis) is 1. The zero-order valence-corrected chi connectivity index (χ0v) is 27.2. The molecule has 2 saturated carbocycles. The number of hydrogen-bond donors (Lipinski definition) is 2. The van der Waals surface area contributed by atoms with Crippen LogP contribution in [0.25, 0.3) is 0 Å². The van der Waals surface area contributed by atoms with Gasteiger partial charge in [0.1, 0.15) is 29.7 Å². The molecule has 1 aliphatic heterocycles. The van der Waals surface area contributed by atoms with Gasteiger partial charge in [-0.1, -0.05) is 63.2 Å². The molecule has 0 aromatic heterocycles. The van der Waals surface area contributed by atoms with Crippen LogP contribution in [0.5, 0.6) is 11.5 Å². The van der Waals surface area contributed by atoms with Crippen molar-refractivity contribution in [3.8, 4) is 11.5 Å². The van der Waals surface area contributed by atoms with Crippen molar-refractivity contribution in [3.05, 3.63) is 73.3 Å². The van der Waals surface area contributed by atoms with E-state index in [1.165, 1.54) is 4.90 Å². The van der Waals surface area contributed by atoms with Crippen LogP contribution >= 0.6 is 7.60 Å². The number of rotatable bonds is 11. The van der Waals surface area contributed by atoms with Gasteiger partial charge in [-0.25, -0.2) is 9.36 Å². The van der Waals surface area contributed by atoms with Gasteiger partial charge in [-0.3, -0.25) is 9.59 Å². The first-order valence-electron chi connectivity index (χ1n) is 15.8. The molecular weight excluding hydrogens is 593 g/mol. The summed E-state index contributed by atoms with van der Waals surface area (Å²) >= 11 is 0. The minimum atomic E-state index is -4.12. The summed E-state index contributed by atoms with van der Waals surface area (Å²) in [6.45, 7) is 9.85. The van der Waals surface area contributed by atoms with Crippen LogP contribution in [-0.2, 0) is 18.9 Å². The second kappa shape index (κ2) is 13.3. The monoisotopic (exact) mass is 637 g/mol. The Labute approximate surface area is 265 Å².